The first-order chi connectivity index (χ1) is 18.0. The molecule has 2 aliphatic heterocycles. The Morgan fingerprint density at radius 2 is 1.65 bits per heavy atom. The standard InChI is InChI=1S/C30H39NO6/c1-35-26-12-9-22(10-13-26)27(33)8-4-2-3-7-25(32)19-24(21-31-15-5-6-16-31)30(34)23-11-14-28-29(20-23)37-18-17-36-28/h9-14,20,24,30,34H,2-8,15-19,21H2,1H3/p+1/t24-,30-/m1/s1. The predicted octanol–water partition coefficient (Wildman–Crippen LogP) is 3.59. The highest BCUT2D eigenvalue weighted by molar-refractivity contribution is 5.96. The number of carbonyl (C=O) groups is 2. The molecule has 7 heteroatoms. The fraction of sp³-hybridized carbons (Fsp3) is 0.533. The van der Waals surface area contributed by atoms with Crippen LogP contribution in [0.4, 0.5) is 0 Å². The second kappa shape index (κ2) is 13.6. The average molecular weight is 511 g/mol. The molecule has 200 valence electrons. The SMILES string of the molecule is COc1ccc(C(=O)CCCCCC(=O)C[C@H](C[NH+]2CCCC2)[C@H](O)c2ccc3c(c2)OCCO3)cc1. The smallest absolute Gasteiger partial charge is 0.162 e. The van der Waals surface area contributed by atoms with Gasteiger partial charge in [0.15, 0.2) is 17.3 Å². The van der Waals surface area contributed by atoms with Gasteiger partial charge in [0, 0.05) is 43.6 Å². The largest absolute Gasteiger partial charge is 0.497 e. The van der Waals surface area contributed by atoms with E-state index in [0.717, 1.165) is 50.2 Å². The molecule has 2 atom stereocenters. The Bertz CT molecular complexity index is 1030. The van der Waals surface area contributed by atoms with E-state index in [9.17, 15) is 14.7 Å². The molecular formula is C30H40NO6+. The number of likely N-dealkylation sites (tertiary alicyclic amines) is 1. The van der Waals surface area contributed by atoms with E-state index in [4.69, 9.17) is 14.2 Å². The van der Waals surface area contributed by atoms with Crippen LogP contribution in [-0.4, -0.2) is 56.6 Å². The van der Waals surface area contributed by atoms with Gasteiger partial charge in [0.1, 0.15) is 24.7 Å². The van der Waals surface area contributed by atoms with Gasteiger partial charge in [0.05, 0.1) is 32.8 Å². The Balaban J connectivity index is 1.26. The summed E-state index contributed by atoms with van der Waals surface area (Å²) in [6.45, 7) is 4.01. The highest BCUT2D eigenvalue weighted by Crippen LogP contribution is 2.35. The van der Waals surface area contributed by atoms with Crippen LogP contribution in [0.3, 0.4) is 0 Å². The summed E-state index contributed by atoms with van der Waals surface area (Å²) in [6.07, 6.45) is 5.36. The van der Waals surface area contributed by atoms with E-state index >= 15 is 0 Å². The van der Waals surface area contributed by atoms with E-state index < -0.39 is 6.10 Å². The number of hydrogen-bond donors (Lipinski definition) is 2. The number of nitrogens with one attached hydrogen (secondary N) is 1. The molecule has 2 aliphatic rings. The Morgan fingerprint density at radius 3 is 2.38 bits per heavy atom. The summed E-state index contributed by atoms with van der Waals surface area (Å²) < 4.78 is 16.5. The van der Waals surface area contributed by atoms with Crippen LogP contribution < -0.4 is 19.1 Å². The molecule has 1 saturated heterocycles. The van der Waals surface area contributed by atoms with Crippen molar-refractivity contribution in [1.82, 2.24) is 0 Å². The Hall–Kier alpha value is -2.90. The lowest BCUT2D eigenvalue weighted by molar-refractivity contribution is -0.891. The first kappa shape index (κ1) is 27.1. The molecule has 2 aromatic rings. The summed E-state index contributed by atoms with van der Waals surface area (Å²) in [5, 5.41) is 11.3. The third kappa shape index (κ3) is 7.79. The zero-order chi connectivity index (χ0) is 26.0. The van der Waals surface area contributed by atoms with E-state index in [0.29, 0.717) is 49.5 Å². The quantitative estimate of drug-likeness (QED) is 0.298. The van der Waals surface area contributed by atoms with Crippen molar-refractivity contribution >= 4 is 11.6 Å². The molecule has 0 aromatic heterocycles. The molecule has 0 spiro atoms. The van der Waals surface area contributed by atoms with Gasteiger partial charge in [0.2, 0.25) is 0 Å². The van der Waals surface area contributed by atoms with E-state index in [1.54, 1.807) is 31.4 Å². The lowest BCUT2D eigenvalue weighted by atomic mass is 9.89. The van der Waals surface area contributed by atoms with Gasteiger partial charge in [-0.1, -0.05) is 12.5 Å². The fourth-order valence-corrected chi connectivity index (χ4v) is 5.36. The number of aliphatic hydroxyl groups is 1. The predicted molar refractivity (Wildman–Crippen MR) is 141 cm³/mol. The van der Waals surface area contributed by atoms with Crippen LogP contribution in [0.5, 0.6) is 17.2 Å². The molecule has 2 N–H and O–H groups in total. The van der Waals surface area contributed by atoms with Crippen LogP contribution >= 0.6 is 0 Å². The minimum absolute atomic E-state index is 0.116. The molecule has 0 saturated carbocycles. The third-order valence-corrected chi connectivity index (χ3v) is 7.48. The molecule has 0 radical (unpaired) electrons. The van der Waals surface area contributed by atoms with Crippen LogP contribution in [-0.2, 0) is 4.79 Å². The Kier molecular flexibility index (Phi) is 9.97. The van der Waals surface area contributed by atoms with Crippen molar-refractivity contribution in [2.75, 3.05) is 40.0 Å². The van der Waals surface area contributed by atoms with E-state index in [2.05, 4.69) is 0 Å². The maximum atomic E-state index is 12.9. The molecule has 7 nitrogen and oxygen atoms in total. The zero-order valence-electron chi connectivity index (χ0n) is 21.9. The highest BCUT2D eigenvalue weighted by atomic mass is 16.6. The summed E-state index contributed by atoms with van der Waals surface area (Å²) in [5.74, 6) is 2.25. The van der Waals surface area contributed by atoms with E-state index in [1.807, 2.05) is 18.2 Å². The van der Waals surface area contributed by atoms with Crippen LogP contribution in [0, 0.1) is 5.92 Å². The maximum Gasteiger partial charge on any atom is 0.162 e. The van der Waals surface area contributed by atoms with Crippen LogP contribution in [0.15, 0.2) is 42.5 Å². The van der Waals surface area contributed by atoms with Gasteiger partial charge >= 0.3 is 0 Å². The number of methoxy groups -OCH3 is 1. The number of benzene rings is 2. The number of quaternary nitrogens is 1. The summed E-state index contributed by atoms with van der Waals surface area (Å²) in [4.78, 5) is 26.8. The Morgan fingerprint density at radius 1 is 0.946 bits per heavy atom. The average Bonchev–Trinajstić information content (AvgIpc) is 3.45. The van der Waals surface area contributed by atoms with Crippen molar-refractivity contribution in [3.8, 4) is 17.2 Å². The van der Waals surface area contributed by atoms with E-state index in [-0.39, 0.29) is 17.5 Å². The number of carbonyl (C=O) groups excluding carboxylic acids is 2. The second-order valence-corrected chi connectivity index (χ2v) is 10.2. The van der Waals surface area contributed by atoms with Crippen molar-refractivity contribution in [2.24, 2.45) is 5.92 Å². The molecule has 2 heterocycles. The molecule has 0 bridgehead atoms. The third-order valence-electron chi connectivity index (χ3n) is 7.48. The number of ether oxygens (including phenoxy) is 3. The van der Waals surface area contributed by atoms with Gasteiger partial charge in [-0.15, -0.1) is 0 Å². The van der Waals surface area contributed by atoms with Crippen molar-refractivity contribution < 1.29 is 33.8 Å². The minimum atomic E-state index is -0.727. The second-order valence-electron chi connectivity index (χ2n) is 10.2. The molecular weight excluding hydrogens is 470 g/mol. The zero-order valence-corrected chi connectivity index (χ0v) is 21.9. The normalized spacial score (nSPS) is 16.8. The Labute approximate surface area is 219 Å². The monoisotopic (exact) mass is 510 g/mol. The van der Waals surface area contributed by atoms with Gasteiger partial charge in [-0.25, -0.2) is 0 Å². The van der Waals surface area contributed by atoms with Crippen molar-refractivity contribution in [2.45, 2.75) is 57.5 Å². The molecule has 4 rings (SSSR count). The fourth-order valence-electron chi connectivity index (χ4n) is 5.36. The molecule has 2 aromatic carbocycles. The summed E-state index contributed by atoms with van der Waals surface area (Å²) >= 11 is 0. The number of unbranched alkanes of at least 4 members (excludes halogenated alkanes) is 2. The summed E-state index contributed by atoms with van der Waals surface area (Å²) in [5.41, 5.74) is 1.47. The van der Waals surface area contributed by atoms with E-state index in [1.165, 1.54) is 17.7 Å². The van der Waals surface area contributed by atoms with Gasteiger partial charge in [0.25, 0.3) is 0 Å². The van der Waals surface area contributed by atoms with Crippen molar-refractivity contribution in [1.29, 1.82) is 0 Å². The van der Waals surface area contributed by atoms with Crippen LogP contribution in [0.1, 0.15) is 73.4 Å². The molecule has 0 unspecified atom stereocenters. The number of aliphatic hydroxyl groups excluding tert-OH is 1. The first-order valence-electron chi connectivity index (χ1n) is 13.6. The van der Waals surface area contributed by atoms with Crippen molar-refractivity contribution in [3.63, 3.8) is 0 Å². The maximum absolute atomic E-state index is 12.9. The molecule has 37 heavy (non-hydrogen) atoms. The number of fused-ring (bicyclic) bond motifs is 1. The summed E-state index contributed by atoms with van der Waals surface area (Å²) in [7, 11) is 1.60. The van der Waals surface area contributed by atoms with Gasteiger partial charge in [-0.3, -0.25) is 9.59 Å². The molecule has 0 amide bonds. The van der Waals surface area contributed by atoms with Crippen LogP contribution in [0.25, 0.3) is 0 Å². The molecule has 0 aliphatic carbocycles. The number of hydrogen-bond acceptors (Lipinski definition) is 6. The lowest BCUT2D eigenvalue weighted by Gasteiger charge is -2.26. The van der Waals surface area contributed by atoms with Gasteiger partial charge in [-0.2, -0.15) is 0 Å². The van der Waals surface area contributed by atoms with Gasteiger partial charge in [-0.05, 0) is 54.8 Å². The number of Topliss-reactive ketones (excluding diaryl/α,β-unsaturated/α-hetero) is 2. The number of rotatable bonds is 14. The number of ketones is 2. The highest BCUT2D eigenvalue weighted by Gasteiger charge is 2.30. The summed E-state index contributed by atoms with van der Waals surface area (Å²) in [6, 6.07) is 12.8. The van der Waals surface area contributed by atoms with Crippen LogP contribution in [0.2, 0.25) is 0 Å². The topological polar surface area (TPSA) is 86.5 Å². The first-order valence-corrected chi connectivity index (χ1v) is 13.6. The molecule has 1 fully saturated rings. The van der Waals surface area contributed by atoms with Crippen molar-refractivity contribution in [3.05, 3.63) is 53.6 Å². The van der Waals surface area contributed by atoms with Gasteiger partial charge < -0.3 is 24.2 Å². The minimum Gasteiger partial charge on any atom is -0.497 e. The lowest BCUT2D eigenvalue weighted by Crippen LogP contribution is -3.10.